The van der Waals surface area contributed by atoms with Crippen LogP contribution in [0.3, 0.4) is 0 Å². The topological polar surface area (TPSA) is 51.8 Å². The number of rotatable bonds is 3. The largest absolute Gasteiger partial charge is 0.381 e. The van der Waals surface area contributed by atoms with Gasteiger partial charge >= 0.3 is 0 Å². The van der Waals surface area contributed by atoms with Crippen molar-refractivity contribution in [3.05, 3.63) is 16.0 Å². The zero-order valence-electron chi connectivity index (χ0n) is 7.97. The van der Waals surface area contributed by atoms with E-state index in [4.69, 9.17) is 5.73 Å². The Bertz CT molecular complexity index is 299. The Morgan fingerprint density at radius 3 is 2.46 bits per heavy atom. The number of aryl methyl sites for hydroxylation is 2. The van der Waals surface area contributed by atoms with E-state index in [1.807, 2.05) is 0 Å². The van der Waals surface area contributed by atoms with Crippen molar-refractivity contribution in [1.29, 1.82) is 0 Å². The van der Waals surface area contributed by atoms with E-state index in [2.05, 4.69) is 39.7 Å². The molecular formula is C9H14BrN3. The molecule has 0 saturated carbocycles. The third-order valence-electron chi connectivity index (χ3n) is 1.85. The van der Waals surface area contributed by atoms with E-state index in [0.717, 1.165) is 30.7 Å². The van der Waals surface area contributed by atoms with E-state index < -0.39 is 0 Å². The van der Waals surface area contributed by atoms with Crippen LogP contribution in [0.25, 0.3) is 0 Å². The Labute approximate surface area is 86.9 Å². The van der Waals surface area contributed by atoms with Gasteiger partial charge in [-0.05, 0) is 28.8 Å². The molecular weight excluding hydrogens is 230 g/mol. The fraction of sp³-hybridized carbons (Fsp3) is 0.556. The van der Waals surface area contributed by atoms with Gasteiger partial charge in [0, 0.05) is 0 Å². The Balaban J connectivity index is 3.09. The Kier molecular flexibility index (Phi) is 3.66. The summed E-state index contributed by atoms with van der Waals surface area (Å²) in [5.74, 6) is 0.487. The second-order valence-corrected chi connectivity index (χ2v) is 3.65. The minimum absolute atomic E-state index is 0.487. The molecule has 1 aromatic heterocycles. The first kappa shape index (κ1) is 10.4. The van der Waals surface area contributed by atoms with Crippen molar-refractivity contribution in [2.75, 3.05) is 5.73 Å². The first-order valence-electron chi connectivity index (χ1n) is 4.49. The van der Waals surface area contributed by atoms with Crippen molar-refractivity contribution < 1.29 is 0 Å². The van der Waals surface area contributed by atoms with Crippen LogP contribution in [-0.2, 0) is 12.8 Å². The third-order valence-corrected chi connectivity index (χ3v) is 2.44. The fourth-order valence-corrected chi connectivity index (χ4v) is 1.52. The Morgan fingerprint density at radius 1 is 1.23 bits per heavy atom. The van der Waals surface area contributed by atoms with E-state index in [1.54, 1.807) is 0 Å². The number of hydrogen-bond acceptors (Lipinski definition) is 3. The molecule has 0 aliphatic heterocycles. The molecule has 1 aromatic rings. The van der Waals surface area contributed by atoms with Crippen LogP contribution in [0.4, 0.5) is 5.82 Å². The monoisotopic (exact) mass is 243 g/mol. The van der Waals surface area contributed by atoms with Gasteiger partial charge in [-0.3, -0.25) is 0 Å². The summed E-state index contributed by atoms with van der Waals surface area (Å²) in [5, 5.41) is 0. The van der Waals surface area contributed by atoms with Crippen molar-refractivity contribution >= 4 is 21.7 Å². The molecule has 1 rings (SSSR count). The second-order valence-electron chi connectivity index (χ2n) is 2.90. The first-order chi connectivity index (χ1) is 6.19. The number of nitrogens with zero attached hydrogens (tertiary/aromatic N) is 2. The highest BCUT2D eigenvalue weighted by molar-refractivity contribution is 9.10. The van der Waals surface area contributed by atoms with Crippen LogP contribution in [0.1, 0.15) is 31.7 Å². The van der Waals surface area contributed by atoms with Crippen LogP contribution in [-0.4, -0.2) is 9.97 Å². The molecule has 0 aliphatic rings. The highest BCUT2D eigenvalue weighted by Crippen LogP contribution is 2.17. The van der Waals surface area contributed by atoms with E-state index in [0.29, 0.717) is 10.4 Å². The number of nitrogen functional groups attached to an aromatic ring is 1. The molecule has 0 aromatic carbocycles. The molecule has 0 bridgehead atoms. The summed E-state index contributed by atoms with van der Waals surface area (Å²) in [6, 6.07) is 0. The number of halogens is 1. The van der Waals surface area contributed by atoms with Gasteiger partial charge in [-0.2, -0.15) is 0 Å². The predicted molar refractivity (Wildman–Crippen MR) is 57.5 cm³/mol. The smallest absolute Gasteiger partial charge is 0.156 e. The first-order valence-corrected chi connectivity index (χ1v) is 5.29. The zero-order chi connectivity index (χ0) is 9.84. The Hall–Kier alpha value is -0.640. The molecule has 0 aliphatic carbocycles. The van der Waals surface area contributed by atoms with E-state index >= 15 is 0 Å². The van der Waals surface area contributed by atoms with Crippen molar-refractivity contribution in [3.8, 4) is 0 Å². The molecule has 0 radical (unpaired) electrons. The SMILES string of the molecule is CCCc1nc(N)c(Br)nc1CC. The molecule has 4 heteroatoms. The standard InChI is InChI=1S/C9H14BrN3/c1-3-5-7-6(4-2)12-8(10)9(11)13-7/h3-5H2,1-2H3,(H2,11,13). The van der Waals surface area contributed by atoms with Gasteiger partial charge in [0.25, 0.3) is 0 Å². The number of nitrogens with two attached hydrogens (primary N) is 1. The molecule has 72 valence electrons. The minimum Gasteiger partial charge on any atom is -0.381 e. The maximum absolute atomic E-state index is 5.65. The highest BCUT2D eigenvalue weighted by atomic mass is 79.9. The summed E-state index contributed by atoms with van der Waals surface area (Å²) in [5.41, 5.74) is 7.73. The van der Waals surface area contributed by atoms with Gasteiger partial charge in [0.1, 0.15) is 4.60 Å². The molecule has 0 unspecified atom stereocenters. The number of anilines is 1. The highest BCUT2D eigenvalue weighted by Gasteiger charge is 2.07. The Morgan fingerprint density at radius 2 is 1.92 bits per heavy atom. The van der Waals surface area contributed by atoms with Gasteiger partial charge in [-0.25, -0.2) is 9.97 Å². The molecule has 2 N–H and O–H groups in total. The van der Waals surface area contributed by atoms with Crippen molar-refractivity contribution in [2.45, 2.75) is 33.1 Å². The van der Waals surface area contributed by atoms with Crippen LogP contribution in [0.5, 0.6) is 0 Å². The third kappa shape index (κ3) is 2.40. The zero-order valence-corrected chi connectivity index (χ0v) is 9.56. The van der Waals surface area contributed by atoms with Gasteiger partial charge in [-0.15, -0.1) is 0 Å². The average molecular weight is 244 g/mol. The van der Waals surface area contributed by atoms with E-state index in [9.17, 15) is 0 Å². The normalized spacial score (nSPS) is 10.4. The molecule has 0 amide bonds. The summed E-state index contributed by atoms with van der Waals surface area (Å²) in [6.45, 7) is 4.20. The maximum Gasteiger partial charge on any atom is 0.156 e. The molecule has 0 fully saturated rings. The van der Waals surface area contributed by atoms with E-state index in [-0.39, 0.29) is 0 Å². The summed E-state index contributed by atoms with van der Waals surface area (Å²) >= 11 is 3.27. The molecule has 3 nitrogen and oxygen atoms in total. The summed E-state index contributed by atoms with van der Waals surface area (Å²) in [4.78, 5) is 8.64. The van der Waals surface area contributed by atoms with Gasteiger partial charge in [0.2, 0.25) is 0 Å². The molecule has 0 atom stereocenters. The van der Waals surface area contributed by atoms with Crippen LogP contribution >= 0.6 is 15.9 Å². The van der Waals surface area contributed by atoms with Gasteiger partial charge in [0.05, 0.1) is 11.4 Å². The summed E-state index contributed by atoms with van der Waals surface area (Å²) in [6.07, 6.45) is 2.93. The van der Waals surface area contributed by atoms with Crippen LogP contribution in [0.15, 0.2) is 4.60 Å². The lowest BCUT2D eigenvalue weighted by Crippen LogP contribution is -2.05. The lowest BCUT2D eigenvalue weighted by Gasteiger charge is -2.06. The molecule has 0 saturated heterocycles. The summed E-state index contributed by atoms with van der Waals surface area (Å²) < 4.78 is 0.657. The predicted octanol–water partition coefficient (Wildman–Crippen LogP) is 2.34. The van der Waals surface area contributed by atoms with Crippen molar-refractivity contribution in [2.24, 2.45) is 0 Å². The maximum atomic E-state index is 5.65. The van der Waals surface area contributed by atoms with Crippen LogP contribution < -0.4 is 5.73 Å². The number of hydrogen-bond donors (Lipinski definition) is 1. The van der Waals surface area contributed by atoms with Crippen molar-refractivity contribution in [3.63, 3.8) is 0 Å². The van der Waals surface area contributed by atoms with Crippen LogP contribution in [0.2, 0.25) is 0 Å². The van der Waals surface area contributed by atoms with Gasteiger partial charge in [0.15, 0.2) is 5.82 Å². The summed E-state index contributed by atoms with van der Waals surface area (Å²) in [7, 11) is 0. The lowest BCUT2D eigenvalue weighted by molar-refractivity contribution is 0.829. The van der Waals surface area contributed by atoms with Crippen LogP contribution in [0, 0.1) is 0 Å². The lowest BCUT2D eigenvalue weighted by atomic mass is 10.1. The van der Waals surface area contributed by atoms with E-state index in [1.165, 1.54) is 0 Å². The van der Waals surface area contributed by atoms with Gasteiger partial charge in [-0.1, -0.05) is 20.3 Å². The van der Waals surface area contributed by atoms with Gasteiger partial charge < -0.3 is 5.73 Å². The fourth-order valence-electron chi connectivity index (χ4n) is 1.22. The molecule has 0 spiro atoms. The molecule has 1 heterocycles. The molecule has 13 heavy (non-hydrogen) atoms. The second kappa shape index (κ2) is 4.56. The number of aromatic nitrogens is 2. The van der Waals surface area contributed by atoms with Crippen molar-refractivity contribution in [1.82, 2.24) is 9.97 Å². The quantitative estimate of drug-likeness (QED) is 0.887. The minimum atomic E-state index is 0.487. The average Bonchev–Trinajstić information content (AvgIpc) is 2.11.